The minimum atomic E-state index is 0.119. The summed E-state index contributed by atoms with van der Waals surface area (Å²) < 4.78 is 0. The average Bonchev–Trinajstić information content (AvgIpc) is 2.73. The van der Waals surface area contributed by atoms with Gasteiger partial charge in [0.25, 0.3) is 0 Å². The number of hydrogen-bond donors (Lipinski definition) is 0. The van der Waals surface area contributed by atoms with E-state index >= 15 is 0 Å². The molecule has 2 aromatic heterocycles. The van der Waals surface area contributed by atoms with E-state index in [-0.39, 0.29) is 5.91 Å². The van der Waals surface area contributed by atoms with Crippen LogP contribution in [0.5, 0.6) is 0 Å². The maximum absolute atomic E-state index is 11.6. The first kappa shape index (κ1) is 18.9. The van der Waals surface area contributed by atoms with Gasteiger partial charge in [0.15, 0.2) is 0 Å². The van der Waals surface area contributed by atoms with Gasteiger partial charge in [-0.1, -0.05) is 6.92 Å². The van der Waals surface area contributed by atoms with Gasteiger partial charge in [0.2, 0.25) is 5.91 Å². The standard InChI is InChI=1S/C21H28N6O/c1-3-20-22-9-16(10-23-20)12-26-7-4-5-17(13-26)21-24-11-18-14-27(15(2)28)8-6-19(18)25-21/h9-11,17H,3-8,12-14H2,1-2H3/t17-/m1/s1. The number of rotatable bonds is 4. The molecule has 0 unspecified atom stereocenters. The summed E-state index contributed by atoms with van der Waals surface area (Å²) in [6, 6.07) is 0. The van der Waals surface area contributed by atoms with Crippen molar-refractivity contribution in [1.29, 1.82) is 0 Å². The van der Waals surface area contributed by atoms with Gasteiger partial charge in [-0.2, -0.15) is 0 Å². The molecule has 7 nitrogen and oxygen atoms in total. The van der Waals surface area contributed by atoms with Crippen LogP contribution in [0, 0.1) is 0 Å². The highest BCUT2D eigenvalue weighted by Crippen LogP contribution is 2.27. The number of fused-ring (bicyclic) bond motifs is 1. The van der Waals surface area contributed by atoms with Gasteiger partial charge in [-0.05, 0) is 19.4 Å². The van der Waals surface area contributed by atoms with Gasteiger partial charge in [-0.15, -0.1) is 0 Å². The second kappa shape index (κ2) is 8.31. The van der Waals surface area contributed by atoms with Crippen LogP contribution >= 0.6 is 0 Å². The Bertz CT molecular complexity index is 837. The third kappa shape index (κ3) is 4.19. The Hall–Kier alpha value is -2.41. The Labute approximate surface area is 166 Å². The summed E-state index contributed by atoms with van der Waals surface area (Å²) in [5.41, 5.74) is 3.36. The molecule has 2 aliphatic rings. The fourth-order valence-electron chi connectivity index (χ4n) is 4.11. The van der Waals surface area contributed by atoms with Gasteiger partial charge >= 0.3 is 0 Å². The molecule has 0 aromatic carbocycles. The van der Waals surface area contributed by atoms with Gasteiger partial charge < -0.3 is 4.90 Å². The van der Waals surface area contributed by atoms with Crippen molar-refractivity contribution in [2.75, 3.05) is 19.6 Å². The molecule has 0 spiro atoms. The molecule has 1 atom stereocenters. The van der Waals surface area contributed by atoms with E-state index in [1.54, 1.807) is 6.92 Å². The molecule has 2 aromatic rings. The minimum Gasteiger partial charge on any atom is -0.338 e. The third-order valence-electron chi connectivity index (χ3n) is 5.75. The maximum Gasteiger partial charge on any atom is 0.219 e. The monoisotopic (exact) mass is 380 g/mol. The number of likely N-dealkylation sites (tertiary alicyclic amines) is 1. The molecule has 0 bridgehead atoms. The van der Waals surface area contributed by atoms with Crippen LogP contribution in [0.2, 0.25) is 0 Å². The SMILES string of the molecule is CCc1ncc(CN2CCC[C@@H](c3ncc4c(n3)CCN(C(C)=O)C4)C2)cn1. The Balaban J connectivity index is 1.42. The van der Waals surface area contributed by atoms with E-state index in [1.165, 1.54) is 0 Å². The normalized spacial score (nSPS) is 20.1. The first-order valence-corrected chi connectivity index (χ1v) is 10.2. The number of carbonyl (C=O) groups is 1. The molecule has 1 fully saturated rings. The van der Waals surface area contributed by atoms with Gasteiger partial charge in [0.1, 0.15) is 11.6 Å². The number of hydrogen-bond acceptors (Lipinski definition) is 6. The zero-order chi connectivity index (χ0) is 19.5. The summed E-state index contributed by atoms with van der Waals surface area (Å²) in [7, 11) is 0. The lowest BCUT2D eigenvalue weighted by Crippen LogP contribution is -2.36. The van der Waals surface area contributed by atoms with Crippen molar-refractivity contribution < 1.29 is 4.79 Å². The molecular formula is C21H28N6O. The molecule has 0 saturated carbocycles. The van der Waals surface area contributed by atoms with Crippen LogP contribution in [-0.4, -0.2) is 55.3 Å². The van der Waals surface area contributed by atoms with Crippen molar-refractivity contribution in [1.82, 2.24) is 29.7 Å². The van der Waals surface area contributed by atoms with E-state index in [2.05, 4.69) is 26.8 Å². The van der Waals surface area contributed by atoms with Gasteiger partial charge in [-0.3, -0.25) is 9.69 Å². The fourth-order valence-corrected chi connectivity index (χ4v) is 4.11. The predicted molar refractivity (Wildman–Crippen MR) is 105 cm³/mol. The lowest BCUT2D eigenvalue weighted by atomic mass is 9.96. The fraction of sp³-hybridized carbons (Fsp3) is 0.571. The van der Waals surface area contributed by atoms with E-state index in [0.29, 0.717) is 12.5 Å². The van der Waals surface area contributed by atoms with Gasteiger partial charge in [-0.25, -0.2) is 19.9 Å². The molecule has 4 heterocycles. The van der Waals surface area contributed by atoms with E-state index in [0.717, 1.165) is 80.3 Å². The zero-order valence-corrected chi connectivity index (χ0v) is 16.8. The van der Waals surface area contributed by atoms with Crippen LogP contribution in [0.3, 0.4) is 0 Å². The average molecular weight is 380 g/mol. The topological polar surface area (TPSA) is 75.1 Å². The van der Waals surface area contributed by atoms with E-state index in [1.807, 2.05) is 23.5 Å². The molecule has 148 valence electrons. The van der Waals surface area contributed by atoms with Crippen LogP contribution in [0.1, 0.15) is 61.1 Å². The molecular weight excluding hydrogens is 352 g/mol. The van der Waals surface area contributed by atoms with Gasteiger partial charge in [0, 0.05) is 81.6 Å². The molecule has 28 heavy (non-hydrogen) atoms. The minimum absolute atomic E-state index is 0.119. The quantitative estimate of drug-likeness (QED) is 0.809. The lowest BCUT2D eigenvalue weighted by Gasteiger charge is -2.32. The summed E-state index contributed by atoms with van der Waals surface area (Å²) in [5.74, 6) is 2.33. The number of amides is 1. The van der Waals surface area contributed by atoms with Crippen molar-refractivity contribution in [3.05, 3.63) is 47.1 Å². The first-order valence-electron chi connectivity index (χ1n) is 10.2. The molecule has 0 radical (unpaired) electrons. The van der Waals surface area contributed by atoms with Crippen molar-refractivity contribution in [3.8, 4) is 0 Å². The van der Waals surface area contributed by atoms with Gasteiger partial charge in [0.05, 0.1) is 5.69 Å². The lowest BCUT2D eigenvalue weighted by molar-refractivity contribution is -0.129. The van der Waals surface area contributed by atoms with E-state index in [9.17, 15) is 4.79 Å². The molecule has 4 rings (SSSR count). The van der Waals surface area contributed by atoms with Crippen LogP contribution in [0.4, 0.5) is 0 Å². The first-order chi connectivity index (χ1) is 13.6. The summed E-state index contributed by atoms with van der Waals surface area (Å²) in [6.45, 7) is 8.01. The van der Waals surface area contributed by atoms with Crippen molar-refractivity contribution >= 4 is 5.91 Å². The second-order valence-corrected chi connectivity index (χ2v) is 7.83. The molecule has 2 aliphatic heterocycles. The number of piperidine rings is 1. The maximum atomic E-state index is 11.6. The highest BCUT2D eigenvalue weighted by molar-refractivity contribution is 5.73. The van der Waals surface area contributed by atoms with E-state index in [4.69, 9.17) is 4.98 Å². The molecule has 7 heteroatoms. The van der Waals surface area contributed by atoms with Crippen molar-refractivity contribution in [2.45, 2.75) is 58.5 Å². The van der Waals surface area contributed by atoms with E-state index < -0.39 is 0 Å². The Morgan fingerprint density at radius 1 is 1.18 bits per heavy atom. The van der Waals surface area contributed by atoms with Crippen molar-refractivity contribution in [2.24, 2.45) is 0 Å². The largest absolute Gasteiger partial charge is 0.338 e. The number of carbonyl (C=O) groups excluding carboxylic acids is 1. The summed E-state index contributed by atoms with van der Waals surface area (Å²) >= 11 is 0. The molecule has 1 saturated heterocycles. The van der Waals surface area contributed by atoms with Crippen LogP contribution in [-0.2, 0) is 30.7 Å². The summed E-state index contributed by atoms with van der Waals surface area (Å²) in [6.07, 6.45) is 9.80. The van der Waals surface area contributed by atoms with Crippen LogP contribution in [0.15, 0.2) is 18.6 Å². The van der Waals surface area contributed by atoms with Crippen LogP contribution in [0.25, 0.3) is 0 Å². The Kier molecular flexibility index (Phi) is 5.62. The predicted octanol–water partition coefficient (Wildman–Crippen LogP) is 2.11. The number of nitrogens with zero attached hydrogens (tertiary/aromatic N) is 6. The number of aryl methyl sites for hydroxylation is 1. The Morgan fingerprint density at radius 3 is 2.75 bits per heavy atom. The summed E-state index contributed by atoms with van der Waals surface area (Å²) in [5, 5.41) is 0. The van der Waals surface area contributed by atoms with Crippen molar-refractivity contribution in [3.63, 3.8) is 0 Å². The smallest absolute Gasteiger partial charge is 0.219 e. The molecule has 0 aliphatic carbocycles. The highest BCUT2D eigenvalue weighted by Gasteiger charge is 2.26. The second-order valence-electron chi connectivity index (χ2n) is 7.83. The molecule has 1 amide bonds. The third-order valence-corrected chi connectivity index (χ3v) is 5.75. The molecule has 0 N–H and O–H groups in total. The number of aromatic nitrogens is 4. The van der Waals surface area contributed by atoms with Crippen LogP contribution < -0.4 is 0 Å². The highest BCUT2D eigenvalue weighted by atomic mass is 16.2. The Morgan fingerprint density at radius 2 is 2.00 bits per heavy atom. The summed E-state index contributed by atoms with van der Waals surface area (Å²) in [4.78, 5) is 34.3. The zero-order valence-electron chi connectivity index (χ0n) is 16.8.